The third-order valence-corrected chi connectivity index (χ3v) is 6.06. The average molecular weight is 399 g/mol. The molecule has 0 radical (unpaired) electrons. The van der Waals surface area contributed by atoms with Gasteiger partial charge in [0.15, 0.2) is 5.60 Å². The molecule has 1 aliphatic carbocycles. The number of benzene rings is 1. The molecule has 29 heavy (non-hydrogen) atoms. The van der Waals surface area contributed by atoms with E-state index in [0.717, 1.165) is 30.4 Å². The Morgan fingerprint density at radius 3 is 2.86 bits per heavy atom. The lowest BCUT2D eigenvalue weighted by atomic mass is 9.72. The maximum absolute atomic E-state index is 12.7. The summed E-state index contributed by atoms with van der Waals surface area (Å²) in [5.41, 5.74) is 7.00. The van der Waals surface area contributed by atoms with Crippen LogP contribution in [0.1, 0.15) is 50.2 Å². The number of likely N-dealkylation sites (tertiary alicyclic amines) is 1. The summed E-state index contributed by atoms with van der Waals surface area (Å²) in [5.74, 6) is 6.05. The van der Waals surface area contributed by atoms with E-state index in [4.69, 9.17) is 15.2 Å². The number of methoxy groups -OCH3 is 1. The van der Waals surface area contributed by atoms with E-state index in [-0.39, 0.29) is 18.1 Å². The van der Waals surface area contributed by atoms with Crippen LogP contribution in [0.15, 0.2) is 24.3 Å². The number of rotatable bonds is 3. The van der Waals surface area contributed by atoms with E-state index in [1.54, 1.807) is 4.90 Å². The predicted molar refractivity (Wildman–Crippen MR) is 110 cm³/mol. The maximum Gasteiger partial charge on any atom is 0.409 e. The van der Waals surface area contributed by atoms with Crippen molar-refractivity contribution in [1.29, 1.82) is 0 Å². The zero-order valence-electron chi connectivity index (χ0n) is 17.4. The first-order valence-corrected chi connectivity index (χ1v) is 10.3. The Hall–Kier alpha value is -2.52. The molecular formula is C23H30N2O4. The number of esters is 1. The lowest BCUT2D eigenvalue weighted by molar-refractivity contribution is -0.164. The van der Waals surface area contributed by atoms with Crippen LogP contribution in [-0.4, -0.2) is 48.3 Å². The summed E-state index contributed by atoms with van der Waals surface area (Å²) in [7, 11) is 1.39. The Morgan fingerprint density at radius 2 is 2.17 bits per heavy atom. The second-order valence-corrected chi connectivity index (χ2v) is 7.96. The van der Waals surface area contributed by atoms with Gasteiger partial charge in [-0.1, -0.05) is 25.0 Å². The molecule has 156 valence electrons. The van der Waals surface area contributed by atoms with Crippen LogP contribution >= 0.6 is 0 Å². The lowest BCUT2D eigenvalue weighted by Gasteiger charge is -2.42. The molecule has 1 heterocycles. The Bertz CT molecular complexity index is 828. The number of carbonyl (C=O) groups excluding carboxylic acids is 2. The SMILES string of the molecule is CC[C@H](N)C(=O)O[C@@]1(C#Cc2cccc(C)c2)CCC[C@@H]2[C@H]1CCN2C(=O)OC. The molecule has 1 aromatic rings. The molecule has 1 saturated heterocycles. The van der Waals surface area contributed by atoms with Crippen LogP contribution in [0.2, 0.25) is 0 Å². The van der Waals surface area contributed by atoms with Crippen molar-refractivity contribution in [2.45, 2.75) is 63.6 Å². The van der Waals surface area contributed by atoms with Gasteiger partial charge < -0.3 is 20.1 Å². The van der Waals surface area contributed by atoms with Gasteiger partial charge in [-0.05, 0) is 62.6 Å². The van der Waals surface area contributed by atoms with Gasteiger partial charge in [0.05, 0.1) is 7.11 Å². The number of ether oxygens (including phenoxy) is 2. The van der Waals surface area contributed by atoms with Gasteiger partial charge in [-0.2, -0.15) is 0 Å². The molecule has 1 aromatic carbocycles. The van der Waals surface area contributed by atoms with E-state index in [0.29, 0.717) is 19.4 Å². The van der Waals surface area contributed by atoms with Gasteiger partial charge in [0.1, 0.15) is 6.04 Å². The van der Waals surface area contributed by atoms with Crippen molar-refractivity contribution in [2.24, 2.45) is 11.7 Å². The standard InChI is InChI=1S/C23H30N2O4/c1-4-19(24)21(26)29-23(13-10-17-8-5-7-16(2)15-17)12-6-9-20-18(23)11-14-25(20)22(27)28-3/h5,7-8,15,18-20H,4,6,9,11-12,14,24H2,1-3H3/t18-,19+,20-,23-/m1/s1. The zero-order valence-corrected chi connectivity index (χ0v) is 17.4. The van der Waals surface area contributed by atoms with Crippen LogP contribution in [0.25, 0.3) is 0 Å². The fraction of sp³-hybridized carbons (Fsp3) is 0.565. The van der Waals surface area contributed by atoms with Gasteiger partial charge in [0.25, 0.3) is 0 Å². The van der Waals surface area contributed by atoms with Crippen molar-refractivity contribution in [2.75, 3.05) is 13.7 Å². The summed E-state index contributed by atoms with van der Waals surface area (Å²) in [4.78, 5) is 26.6. The molecule has 1 amide bonds. The normalized spacial score (nSPS) is 26.7. The van der Waals surface area contributed by atoms with E-state index >= 15 is 0 Å². The number of hydrogen-bond acceptors (Lipinski definition) is 5. The third kappa shape index (κ3) is 4.40. The molecule has 0 unspecified atom stereocenters. The van der Waals surface area contributed by atoms with Gasteiger partial charge in [0.2, 0.25) is 0 Å². The minimum Gasteiger partial charge on any atom is -0.453 e. The summed E-state index contributed by atoms with van der Waals surface area (Å²) in [6.45, 7) is 4.45. The zero-order chi connectivity index (χ0) is 21.0. The number of fused-ring (bicyclic) bond motifs is 1. The second kappa shape index (κ2) is 8.87. The molecule has 6 heteroatoms. The molecule has 1 aliphatic heterocycles. The summed E-state index contributed by atoms with van der Waals surface area (Å²) >= 11 is 0. The Balaban J connectivity index is 1.97. The van der Waals surface area contributed by atoms with Crippen LogP contribution in [0.3, 0.4) is 0 Å². The highest BCUT2D eigenvalue weighted by Gasteiger charge is 2.54. The third-order valence-electron chi connectivity index (χ3n) is 6.06. The van der Waals surface area contributed by atoms with Gasteiger partial charge >= 0.3 is 12.1 Å². The molecule has 2 aliphatic rings. The predicted octanol–water partition coefficient (Wildman–Crippen LogP) is 3.01. The number of nitrogens with zero attached hydrogens (tertiary/aromatic N) is 1. The van der Waals surface area contributed by atoms with Crippen molar-refractivity contribution in [1.82, 2.24) is 4.90 Å². The fourth-order valence-electron chi connectivity index (χ4n) is 4.49. The molecule has 3 rings (SSSR count). The van der Waals surface area contributed by atoms with Crippen LogP contribution < -0.4 is 5.73 Å². The minimum absolute atomic E-state index is 0.0475. The Kier molecular flexibility index (Phi) is 6.49. The highest BCUT2D eigenvalue weighted by atomic mass is 16.6. The monoisotopic (exact) mass is 398 g/mol. The molecule has 6 nitrogen and oxygen atoms in total. The number of aryl methyl sites for hydroxylation is 1. The van der Waals surface area contributed by atoms with Crippen molar-refractivity contribution >= 4 is 12.1 Å². The topological polar surface area (TPSA) is 81.9 Å². The van der Waals surface area contributed by atoms with Crippen molar-refractivity contribution in [3.05, 3.63) is 35.4 Å². The van der Waals surface area contributed by atoms with E-state index in [1.165, 1.54) is 7.11 Å². The maximum atomic E-state index is 12.7. The summed E-state index contributed by atoms with van der Waals surface area (Å²) in [6, 6.07) is 7.21. The average Bonchev–Trinajstić information content (AvgIpc) is 3.17. The van der Waals surface area contributed by atoms with Crippen LogP contribution in [0.5, 0.6) is 0 Å². The van der Waals surface area contributed by atoms with E-state index in [9.17, 15) is 9.59 Å². The summed E-state index contributed by atoms with van der Waals surface area (Å²) < 4.78 is 11.0. The highest BCUT2D eigenvalue weighted by Crippen LogP contribution is 2.45. The highest BCUT2D eigenvalue weighted by molar-refractivity contribution is 5.76. The van der Waals surface area contributed by atoms with Crippen LogP contribution in [-0.2, 0) is 14.3 Å². The molecule has 2 fully saturated rings. The van der Waals surface area contributed by atoms with Crippen molar-refractivity contribution in [3.8, 4) is 11.8 Å². The number of carbonyl (C=O) groups is 2. The van der Waals surface area contributed by atoms with Crippen LogP contribution in [0.4, 0.5) is 4.79 Å². The lowest BCUT2D eigenvalue weighted by Crippen LogP contribution is -2.53. The quantitative estimate of drug-likeness (QED) is 0.625. The van der Waals surface area contributed by atoms with E-state index < -0.39 is 17.6 Å². The molecule has 0 spiro atoms. The largest absolute Gasteiger partial charge is 0.453 e. The molecule has 4 atom stereocenters. The Morgan fingerprint density at radius 1 is 1.38 bits per heavy atom. The first-order valence-electron chi connectivity index (χ1n) is 10.3. The van der Waals surface area contributed by atoms with Crippen LogP contribution in [0, 0.1) is 24.7 Å². The molecule has 0 aromatic heterocycles. The molecule has 0 bridgehead atoms. The van der Waals surface area contributed by atoms with Gasteiger partial charge in [-0.25, -0.2) is 4.79 Å². The second-order valence-electron chi connectivity index (χ2n) is 7.96. The molecule has 2 N–H and O–H groups in total. The van der Waals surface area contributed by atoms with Crippen molar-refractivity contribution in [3.63, 3.8) is 0 Å². The molecule has 1 saturated carbocycles. The fourth-order valence-corrected chi connectivity index (χ4v) is 4.49. The number of amides is 1. The molecular weight excluding hydrogens is 368 g/mol. The Labute approximate surface area is 172 Å². The van der Waals surface area contributed by atoms with Crippen molar-refractivity contribution < 1.29 is 19.1 Å². The first-order chi connectivity index (χ1) is 13.9. The first kappa shape index (κ1) is 21.2. The van der Waals surface area contributed by atoms with E-state index in [2.05, 4.69) is 11.8 Å². The number of hydrogen-bond donors (Lipinski definition) is 1. The summed E-state index contributed by atoms with van der Waals surface area (Å²) in [6.07, 6.45) is 3.19. The van der Waals surface area contributed by atoms with Gasteiger partial charge in [-0.15, -0.1) is 0 Å². The van der Waals surface area contributed by atoms with E-state index in [1.807, 2.05) is 38.1 Å². The van der Waals surface area contributed by atoms with Gasteiger partial charge in [-0.3, -0.25) is 4.79 Å². The minimum atomic E-state index is -0.945. The summed E-state index contributed by atoms with van der Waals surface area (Å²) in [5, 5.41) is 0. The number of nitrogens with two attached hydrogens (primary N) is 1. The van der Waals surface area contributed by atoms with Gasteiger partial charge in [0, 0.05) is 24.1 Å². The smallest absolute Gasteiger partial charge is 0.409 e.